The molecule has 0 saturated carbocycles. The van der Waals surface area contributed by atoms with E-state index < -0.39 is 11.9 Å². The Balaban J connectivity index is 2.59. The van der Waals surface area contributed by atoms with Gasteiger partial charge in [0.1, 0.15) is 0 Å². The molecule has 0 N–H and O–H groups in total. The van der Waals surface area contributed by atoms with Gasteiger partial charge in [-0.05, 0) is 43.7 Å². The van der Waals surface area contributed by atoms with E-state index in [1.54, 1.807) is 30.3 Å². The van der Waals surface area contributed by atoms with E-state index in [-0.39, 0.29) is 11.1 Å². The van der Waals surface area contributed by atoms with E-state index in [9.17, 15) is 9.59 Å². The van der Waals surface area contributed by atoms with Crippen molar-refractivity contribution in [3.63, 3.8) is 0 Å². The second kappa shape index (κ2) is 10.6. The van der Waals surface area contributed by atoms with Gasteiger partial charge in [0.15, 0.2) is 0 Å². The third-order valence-electron chi connectivity index (χ3n) is 3.31. The summed E-state index contributed by atoms with van der Waals surface area (Å²) in [7, 11) is 0. The molecule has 0 heterocycles. The van der Waals surface area contributed by atoms with Gasteiger partial charge in [0.05, 0.1) is 24.3 Å². The fourth-order valence-electron chi connectivity index (χ4n) is 2.04. The molecular formula is C19H26O4. The first-order chi connectivity index (χ1) is 11.1. The number of unbranched alkanes of at least 4 members (excludes halogenated alkanes) is 1. The average Bonchev–Trinajstić information content (AvgIpc) is 2.55. The number of hydrogen-bond acceptors (Lipinski definition) is 4. The van der Waals surface area contributed by atoms with Crippen LogP contribution in [0.2, 0.25) is 0 Å². The highest BCUT2D eigenvalue weighted by Crippen LogP contribution is 2.13. The Morgan fingerprint density at radius 3 is 2.04 bits per heavy atom. The molecule has 0 fully saturated rings. The average molecular weight is 318 g/mol. The molecule has 126 valence electrons. The molecule has 1 aromatic rings. The minimum absolute atomic E-state index is 0.250. The van der Waals surface area contributed by atoms with Crippen molar-refractivity contribution in [2.45, 2.75) is 39.5 Å². The summed E-state index contributed by atoms with van der Waals surface area (Å²) in [6.07, 6.45) is 5.10. The number of carbonyl (C=O) groups is 2. The highest BCUT2D eigenvalue weighted by molar-refractivity contribution is 6.03. The summed E-state index contributed by atoms with van der Waals surface area (Å²) < 4.78 is 10.4. The Morgan fingerprint density at radius 1 is 1.04 bits per heavy atom. The van der Waals surface area contributed by atoms with Crippen LogP contribution in [-0.4, -0.2) is 25.2 Å². The summed E-state index contributed by atoms with van der Waals surface area (Å²) in [6, 6.07) is 6.58. The molecule has 0 saturated heterocycles. The number of benzene rings is 1. The minimum atomic E-state index is -0.496. The first kappa shape index (κ1) is 18.9. The molecule has 0 spiro atoms. The Hall–Kier alpha value is -2.10. The van der Waals surface area contributed by atoms with Crippen molar-refractivity contribution in [2.24, 2.45) is 5.92 Å². The highest BCUT2D eigenvalue weighted by atomic mass is 16.5. The van der Waals surface area contributed by atoms with Crippen LogP contribution in [0.5, 0.6) is 0 Å². The van der Waals surface area contributed by atoms with Crippen LogP contribution in [0.4, 0.5) is 0 Å². The third-order valence-corrected chi connectivity index (χ3v) is 3.31. The van der Waals surface area contributed by atoms with Gasteiger partial charge in [0.2, 0.25) is 0 Å². The first-order valence-corrected chi connectivity index (χ1v) is 8.10. The molecule has 0 unspecified atom stereocenters. The van der Waals surface area contributed by atoms with Gasteiger partial charge in [-0.2, -0.15) is 0 Å². The molecule has 0 aliphatic heterocycles. The maximum Gasteiger partial charge on any atom is 0.339 e. The third kappa shape index (κ3) is 7.13. The monoisotopic (exact) mass is 318 g/mol. The number of carbonyl (C=O) groups excluding carboxylic acids is 2. The van der Waals surface area contributed by atoms with E-state index >= 15 is 0 Å². The van der Waals surface area contributed by atoms with Crippen LogP contribution < -0.4 is 0 Å². The topological polar surface area (TPSA) is 52.6 Å². The molecule has 1 aromatic carbocycles. The molecule has 0 aliphatic rings. The Kier molecular flexibility index (Phi) is 8.73. The summed E-state index contributed by atoms with van der Waals surface area (Å²) in [6.45, 7) is 8.54. The lowest BCUT2D eigenvalue weighted by Gasteiger charge is -2.10. The normalized spacial score (nSPS) is 10.4. The lowest BCUT2D eigenvalue weighted by Crippen LogP contribution is -2.15. The van der Waals surface area contributed by atoms with Crippen LogP contribution in [0.1, 0.15) is 60.2 Å². The molecular weight excluding hydrogens is 292 g/mol. The van der Waals surface area contributed by atoms with Gasteiger partial charge in [-0.1, -0.05) is 32.1 Å². The quantitative estimate of drug-likeness (QED) is 0.364. The first-order valence-electron chi connectivity index (χ1n) is 8.10. The van der Waals surface area contributed by atoms with E-state index in [1.807, 2.05) is 0 Å². The fraction of sp³-hybridized carbons (Fsp3) is 0.474. The van der Waals surface area contributed by atoms with Crippen molar-refractivity contribution in [2.75, 3.05) is 13.2 Å². The fourth-order valence-corrected chi connectivity index (χ4v) is 2.04. The zero-order chi connectivity index (χ0) is 17.1. The maximum absolute atomic E-state index is 12.1. The van der Waals surface area contributed by atoms with Crippen molar-refractivity contribution >= 4 is 11.9 Å². The van der Waals surface area contributed by atoms with E-state index in [4.69, 9.17) is 9.47 Å². The lowest BCUT2D eigenvalue weighted by molar-refractivity contribution is 0.0451. The van der Waals surface area contributed by atoms with E-state index in [1.165, 1.54) is 0 Å². The van der Waals surface area contributed by atoms with Gasteiger partial charge in [-0.3, -0.25) is 0 Å². The van der Waals surface area contributed by atoms with Crippen LogP contribution >= 0.6 is 0 Å². The van der Waals surface area contributed by atoms with Crippen molar-refractivity contribution in [1.29, 1.82) is 0 Å². The number of esters is 2. The van der Waals surface area contributed by atoms with Crippen molar-refractivity contribution in [3.05, 3.63) is 48.0 Å². The van der Waals surface area contributed by atoms with Crippen molar-refractivity contribution in [1.82, 2.24) is 0 Å². The predicted molar refractivity (Wildman–Crippen MR) is 90.5 cm³/mol. The summed E-state index contributed by atoms with van der Waals surface area (Å²) in [5, 5.41) is 0. The van der Waals surface area contributed by atoms with Gasteiger partial charge < -0.3 is 9.47 Å². The molecule has 0 radical (unpaired) electrons. The molecule has 4 nitrogen and oxygen atoms in total. The van der Waals surface area contributed by atoms with Gasteiger partial charge >= 0.3 is 11.9 Å². The minimum Gasteiger partial charge on any atom is -0.462 e. The van der Waals surface area contributed by atoms with Gasteiger partial charge in [0, 0.05) is 0 Å². The standard InChI is InChI=1S/C19H26O4/c1-4-5-8-13-22-18(20)16-11-6-7-12-17(16)19(21)23-14-9-10-15(2)3/h4,6-7,11-12,15H,1,5,8-10,13-14H2,2-3H3. The van der Waals surface area contributed by atoms with Crippen LogP contribution in [-0.2, 0) is 9.47 Å². The zero-order valence-electron chi connectivity index (χ0n) is 14.0. The van der Waals surface area contributed by atoms with Crippen LogP contribution in [0, 0.1) is 5.92 Å². The second-order valence-electron chi connectivity index (χ2n) is 5.78. The van der Waals surface area contributed by atoms with Crippen molar-refractivity contribution in [3.8, 4) is 0 Å². The van der Waals surface area contributed by atoms with E-state index in [0.29, 0.717) is 19.1 Å². The number of hydrogen-bond donors (Lipinski definition) is 0. The number of ether oxygens (including phenoxy) is 2. The highest BCUT2D eigenvalue weighted by Gasteiger charge is 2.18. The molecule has 0 amide bonds. The molecule has 1 rings (SSSR count). The molecule has 0 atom stereocenters. The zero-order valence-corrected chi connectivity index (χ0v) is 14.0. The summed E-state index contributed by atoms with van der Waals surface area (Å²) in [5.41, 5.74) is 0.505. The van der Waals surface area contributed by atoms with Crippen LogP contribution in [0.25, 0.3) is 0 Å². The SMILES string of the molecule is C=CCCCOC(=O)c1ccccc1C(=O)OCCCC(C)C. The van der Waals surface area contributed by atoms with Crippen LogP contribution in [0.3, 0.4) is 0 Å². The summed E-state index contributed by atoms with van der Waals surface area (Å²) in [4.78, 5) is 24.2. The molecule has 0 bridgehead atoms. The molecule has 0 aliphatic carbocycles. The van der Waals surface area contributed by atoms with E-state index in [0.717, 1.165) is 25.7 Å². The predicted octanol–water partition coefficient (Wildman–Crippen LogP) is 4.40. The Labute approximate surface area is 138 Å². The molecule has 23 heavy (non-hydrogen) atoms. The second-order valence-corrected chi connectivity index (χ2v) is 5.78. The summed E-state index contributed by atoms with van der Waals surface area (Å²) in [5.74, 6) is -0.400. The van der Waals surface area contributed by atoms with Crippen LogP contribution in [0.15, 0.2) is 36.9 Å². The van der Waals surface area contributed by atoms with Gasteiger partial charge in [-0.25, -0.2) is 9.59 Å². The molecule has 0 aromatic heterocycles. The summed E-state index contributed by atoms with van der Waals surface area (Å²) >= 11 is 0. The Morgan fingerprint density at radius 2 is 1.57 bits per heavy atom. The number of rotatable bonds is 10. The van der Waals surface area contributed by atoms with Crippen molar-refractivity contribution < 1.29 is 19.1 Å². The number of allylic oxidation sites excluding steroid dienone is 1. The Bertz CT molecular complexity index is 520. The maximum atomic E-state index is 12.1. The lowest BCUT2D eigenvalue weighted by atomic mass is 10.1. The smallest absolute Gasteiger partial charge is 0.339 e. The van der Waals surface area contributed by atoms with Gasteiger partial charge in [0.25, 0.3) is 0 Å². The van der Waals surface area contributed by atoms with Gasteiger partial charge in [-0.15, -0.1) is 6.58 Å². The molecule has 4 heteroatoms. The van der Waals surface area contributed by atoms with E-state index in [2.05, 4.69) is 20.4 Å². The largest absolute Gasteiger partial charge is 0.462 e.